The fourth-order valence-corrected chi connectivity index (χ4v) is 5.42. The van der Waals surface area contributed by atoms with E-state index in [1.165, 1.54) is 17.0 Å². The van der Waals surface area contributed by atoms with E-state index in [4.69, 9.17) is 4.74 Å². The average molecular weight is 495 g/mol. The summed E-state index contributed by atoms with van der Waals surface area (Å²) in [4.78, 5) is 31.4. The van der Waals surface area contributed by atoms with E-state index in [2.05, 4.69) is 4.98 Å². The Bertz CT molecular complexity index is 1570. The lowest BCUT2D eigenvalue weighted by Gasteiger charge is -2.25. The van der Waals surface area contributed by atoms with E-state index in [0.29, 0.717) is 24.0 Å². The molecule has 4 aromatic rings. The number of fused-ring (bicyclic) bond motifs is 2. The van der Waals surface area contributed by atoms with Crippen LogP contribution in [0.25, 0.3) is 16.7 Å². The first-order valence-electron chi connectivity index (χ1n) is 12.3. The molecule has 7 nitrogen and oxygen atoms in total. The fraction of sp³-hybridized carbons (Fsp3) is 0.200. The van der Waals surface area contributed by atoms with Gasteiger partial charge in [0.25, 0.3) is 11.7 Å². The van der Waals surface area contributed by atoms with Gasteiger partial charge in [-0.05, 0) is 66.4 Å². The Labute approximate surface area is 213 Å². The maximum absolute atomic E-state index is 13.4. The number of aliphatic hydroxyl groups is 1. The zero-order chi connectivity index (χ0) is 25.7. The SMILES string of the molecule is CC1Cc2cc(/C(O)=C3\C(=O)C(=O)N(CCc4c[nH]c5ccccc45)C3c3ccc(O)cc3)ccc2O1. The highest BCUT2D eigenvalue weighted by Gasteiger charge is 2.46. The van der Waals surface area contributed by atoms with E-state index < -0.39 is 17.7 Å². The highest BCUT2D eigenvalue weighted by molar-refractivity contribution is 6.46. The molecule has 2 aliphatic heterocycles. The zero-order valence-electron chi connectivity index (χ0n) is 20.3. The van der Waals surface area contributed by atoms with Crippen LogP contribution in [-0.4, -0.2) is 44.4 Å². The number of amides is 1. The molecule has 0 radical (unpaired) electrons. The molecule has 37 heavy (non-hydrogen) atoms. The summed E-state index contributed by atoms with van der Waals surface area (Å²) < 4.78 is 5.77. The first-order valence-corrected chi connectivity index (χ1v) is 12.3. The van der Waals surface area contributed by atoms with Crippen molar-refractivity contribution in [1.82, 2.24) is 9.88 Å². The topological polar surface area (TPSA) is 103 Å². The predicted molar refractivity (Wildman–Crippen MR) is 139 cm³/mol. The third-order valence-electron chi connectivity index (χ3n) is 7.22. The van der Waals surface area contributed by atoms with Gasteiger partial charge in [0.15, 0.2) is 0 Å². The molecule has 1 aromatic heterocycles. The van der Waals surface area contributed by atoms with Crippen molar-refractivity contribution in [3.63, 3.8) is 0 Å². The number of Topliss-reactive ketones (excluding diaryl/α,β-unsaturated/α-hetero) is 1. The molecule has 2 atom stereocenters. The third kappa shape index (κ3) is 3.93. The lowest BCUT2D eigenvalue weighted by Crippen LogP contribution is -2.31. The number of hydrogen-bond donors (Lipinski definition) is 3. The summed E-state index contributed by atoms with van der Waals surface area (Å²) in [7, 11) is 0. The number of ether oxygens (including phenoxy) is 1. The van der Waals surface area contributed by atoms with Crippen molar-refractivity contribution in [2.75, 3.05) is 6.54 Å². The first kappa shape index (κ1) is 22.9. The molecule has 3 N–H and O–H groups in total. The second-order valence-corrected chi connectivity index (χ2v) is 9.65. The lowest BCUT2D eigenvalue weighted by molar-refractivity contribution is -0.139. The summed E-state index contributed by atoms with van der Waals surface area (Å²) >= 11 is 0. The molecule has 7 heteroatoms. The Morgan fingerprint density at radius 1 is 1.08 bits per heavy atom. The van der Waals surface area contributed by atoms with Gasteiger partial charge < -0.3 is 24.8 Å². The molecule has 3 aromatic carbocycles. The summed E-state index contributed by atoms with van der Waals surface area (Å²) in [6.45, 7) is 2.26. The molecular weight excluding hydrogens is 468 g/mol. The van der Waals surface area contributed by atoms with Gasteiger partial charge in [0, 0.05) is 35.6 Å². The van der Waals surface area contributed by atoms with E-state index in [1.54, 1.807) is 24.3 Å². The van der Waals surface area contributed by atoms with Crippen LogP contribution in [-0.2, 0) is 22.4 Å². The van der Waals surface area contributed by atoms with Gasteiger partial charge in [-0.1, -0.05) is 30.3 Å². The zero-order valence-corrected chi connectivity index (χ0v) is 20.3. The van der Waals surface area contributed by atoms with Crippen molar-refractivity contribution in [3.8, 4) is 11.5 Å². The molecule has 2 aliphatic rings. The molecule has 1 saturated heterocycles. The Balaban J connectivity index is 1.40. The number of aromatic hydroxyl groups is 1. The number of nitrogens with one attached hydrogen (secondary N) is 1. The number of aromatic amines is 1. The molecular formula is C30H26N2O5. The normalized spacial score (nSPS) is 20.4. The molecule has 1 fully saturated rings. The summed E-state index contributed by atoms with van der Waals surface area (Å²) in [6.07, 6.45) is 3.19. The number of benzene rings is 3. The van der Waals surface area contributed by atoms with Crippen molar-refractivity contribution in [2.24, 2.45) is 0 Å². The van der Waals surface area contributed by atoms with E-state index in [0.717, 1.165) is 27.8 Å². The van der Waals surface area contributed by atoms with Crippen LogP contribution in [0.4, 0.5) is 0 Å². The number of ketones is 1. The fourth-order valence-electron chi connectivity index (χ4n) is 5.42. The Morgan fingerprint density at radius 2 is 1.86 bits per heavy atom. The maximum Gasteiger partial charge on any atom is 0.295 e. The van der Waals surface area contributed by atoms with E-state index in [-0.39, 0.29) is 29.7 Å². The minimum absolute atomic E-state index is 0.0412. The summed E-state index contributed by atoms with van der Waals surface area (Å²) in [5.74, 6) is -0.754. The van der Waals surface area contributed by atoms with Gasteiger partial charge in [-0.15, -0.1) is 0 Å². The second-order valence-electron chi connectivity index (χ2n) is 9.65. The minimum Gasteiger partial charge on any atom is -0.508 e. The van der Waals surface area contributed by atoms with Crippen LogP contribution in [0.3, 0.4) is 0 Å². The number of para-hydroxylation sites is 1. The van der Waals surface area contributed by atoms with E-state index in [1.807, 2.05) is 43.5 Å². The summed E-state index contributed by atoms with van der Waals surface area (Å²) in [6, 6.07) is 18.8. The lowest BCUT2D eigenvalue weighted by atomic mass is 9.94. The van der Waals surface area contributed by atoms with Crippen LogP contribution in [0.5, 0.6) is 11.5 Å². The molecule has 3 heterocycles. The number of carbonyl (C=O) groups excluding carboxylic acids is 2. The summed E-state index contributed by atoms with van der Waals surface area (Å²) in [5, 5.41) is 22.3. The monoisotopic (exact) mass is 494 g/mol. The van der Waals surface area contributed by atoms with Gasteiger partial charge in [0.2, 0.25) is 0 Å². The van der Waals surface area contributed by atoms with E-state index >= 15 is 0 Å². The van der Waals surface area contributed by atoms with Crippen molar-refractivity contribution in [2.45, 2.75) is 31.9 Å². The van der Waals surface area contributed by atoms with Crippen molar-refractivity contribution in [3.05, 3.63) is 101 Å². The van der Waals surface area contributed by atoms with Gasteiger partial charge in [-0.3, -0.25) is 9.59 Å². The number of aromatic nitrogens is 1. The number of hydrogen-bond acceptors (Lipinski definition) is 5. The summed E-state index contributed by atoms with van der Waals surface area (Å²) in [5.41, 5.74) is 4.14. The Kier molecular flexibility index (Phi) is 5.48. The van der Waals surface area contributed by atoms with Gasteiger partial charge in [-0.25, -0.2) is 0 Å². The van der Waals surface area contributed by atoms with E-state index in [9.17, 15) is 19.8 Å². The molecule has 1 amide bonds. The number of likely N-dealkylation sites (tertiary alicyclic amines) is 1. The average Bonchev–Trinajstić information content (AvgIpc) is 3.56. The number of H-pyrrole nitrogens is 1. The molecule has 186 valence electrons. The molecule has 6 rings (SSSR count). The Morgan fingerprint density at radius 3 is 2.68 bits per heavy atom. The molecule has 0 saturated carbocycles. The highest BCUT2D eigenvalue weighted by atomic mass is 16.5. The quantitative estimate of drug-likeness (QED) is 0.209. The van der Waals surface area contributed by atoms with Gasteiger partial charge >= 0.3 is 0 Å². The third-order valence-corrected chi connectivity index (χ3v) is 7.22. The first-order chi connectivity index (χ1) is 17.9. The van der Waals surface area contributed by atoms with Gasteiger partial charge in [0.1, 0.15) is 23.4 Å². The number of aliphatic hydroxyl groups excluding tert-OH is 1. The standard InChI is InChI=1S/C30H26N2O5/c1-17-14-21-15-19(8-11-25(21)37-17)28(34)26-27(18-6-9-22(33)10-7-18)32(30(36)29(26)35)13-12-20-16-31-24-5-3-2-4-23(20)24/h2-11,15-17,27,31,33-34H,12-14H2,1H3/b28-26+. The number of rotatable bonds is 5. The number of phenols is 1. The molecule has 0 aliphatic carbocycles. The Hall–Kier alpha value is -4.52. The van der Waals surface area contributed by atoms with Crippen molar-refractivity contribution >= 4 is 28.4 Å². The van der Waals surface area contributed by atoms with Crippen molar-refractivity contribution < 1.29 is 24.5 Å². The van der Waals surface area contributed by atoms with Crippen LogP contribution in [0, 0.1) is 0 Å². The van der Waals surface area contributed by atoms with Crippen LogP contribution in [0.15, 0.2) is 78.5 Å². The highest BCUT2D eigenvalue weighted by Crippen LogP contribution is 2.41. The number of phenolic OH excluding ortho intramolecular Hbond substituents is 1. The number of nitrogens with zero attached hydrogens (tertiary/aromatic N) is 1. The molecule has 0 bridgehead atoms. The maximum atomic E-state index is 13.4. The van der Waals surface area contributed by atoms with Crippen LogP contribution >= 0.6 is 0 Å². The molecule has 2 unspecified atom stereocenters. The van der Waals surface area contributed by atoms with Crippen LogP contribution in [0.2, 0.25) is 0 Å². The van der Waals surface area contributed by atoms with Crippen LogP contribution in [0.1, 0.15) is 35.2 Å². The second kappa shape index (κ2) is 8.85. The van der Waals surface area contributed by atoms with Crippen LogP contribution < -0.4 is 4.74 Å². The largest absolute Gasteiger partial charge is 0.508 e. The van der Waals surface area contributed by atoms with Crippen molar-refractivity contribution in [1.29, 1.82) is 0 Å². The minimum atomic E-state index is -0.783. The molecule has 0 spiro atoms. The number of carbonyl (C=O) groups is 2. The smallest absolute Gasteiger partial charge is 0.295 e. The predicted octanol–water partition coefficient (Wildman–Crippen LogP) is 4.86. The van der Waals surface area contributed by atoms with Gasteiger partial charge in [0.05, 0.1) is 11.6 Å². The van der Waals surface area contributed by atoms with Gasteiger partial charge in [-0.2, -0.15) is 0 Å².